The Morgan fingerprint density at radius 2 is 2.07 bits per heavy atom. The second-order valence-electron chi connectivity index (χ2n) is 6.75. The number of nitro groups is 1. The van der Waals surface area contributed by atoms with Gasteiger partial charge in [-0.3, -0.25) is 29.4 Å². The predicted molar refractivity (Wildman–Crippen MR) is 106 cm³/mol. The average Bonchev–Trinajstić information content (AvgIpc) is 3.18. The van der Waals surface area contributed by atoms with Gasteiger partial charge in [-0.2, -0.15) is 0 Å². The number of thiazole rings is 1. The number of hydrogen-bond donors (Lipinski definition) is 1. The third kappa shape index (κ3) is 4.46. The van der Waals surface area contributed by atoms with Crippen LogP contribution in [0.1, 0.15) is 39.3 Å². The van der Waals surface area contributed by atoms with Crippen LogP contribution in [0.3, 0.4) is 0 Å². The standard InChI is InChI=1S/C18H19N5O5S/c1-21(2)9-11-10-29-18(19-11)20-14(24)7-4-8-22-16(25)12-5-3-6-13(23(27)28)15(12)17(22)26/h3,5-6,10H,4,7-9H2,1-2H3,(H,19,20,24). The molecule has 1 aromatic carbocycles. The first-order chi connectivity index (χ1) is 13.8. The number of amides is 3. The maximum absolute atomic E-state index is 12.5. The molecule has 29 heavy (non-hydrogen) atoms. The van der Waals surface area contributed by atoms with Gasteiger partial charge in [-0.25, -0.2) is 4.98 Å². The molecular formula is C18H19N5O5S. The van der Waals surface area contributed by atoms with Crippen LogP contribution < -0.4 is 5.32 Å². The fraction of sp³-hybridized carbons (Fsp3) is 0.333. The van der Waals surface area contributed by atoms with Gasteiger partial charge < -0.3 is 10.2 Å². The highest BCUT2D eigenvalue weighted by atomic mass is 32.1. The molecule has 2 heterocycles. The fourth-order valence-electron chi connectivity index (χ4n) is 3.01. The van der Waals surface area contributed by atoms with E-state index in [0.717, 1.165) is 10.6 Å². The summed E-state index contributed by atoms with van der Waals surface area (Å²) in [5.41, 5.74) is 0.286. The van der Waals surface area contributed by atoms with E-state index >= 15 is 0 Å². The van der Waals surface area contributed by atoms with E-state index in [4.69, 9.17) is 0 Å². The fourth-order valence-corrected chi connectivity index (χ4v) is 3.73. The second kappa shape index (κ2) is 8.45. The quantitative estimate of drug-likeness (QED) is 0.396. The lowest BCUT2D eigenvalue weighted by Gasteiger charge is -2.13. The first-order valence-corrected chi connectivity index (χ1v) is 9.68. The minimum absolute atomic E-state index is 0.000664. The van der Waals surface area contributed by atoms with E-state index < -0.39 is 22.4 Å². The highest BCUT2D eigenvalue weighted by Crippen LogP contribution is 2.30. The Bertz CT molecular complexity index is 987. The monoisotopic (exact) mass is 417 g/mol. The van der Waals surface area contributed by atoms with E-state index in [1.165, 1.54) is 29.5 Å². The first kappa shape index (κ1) is 20.6. The van der Waals surface area contributed by atoms with E-state index in [2.05, 4.69) is 10.3 Å². The van der Waals surface area contributed by atoms with Crippen molar-refractivity contribution in [3.63, 3.8) is 0 Å². The summed E-state index contributed by atoms with van der Waals surface area (Å²) in [7, 11) is 3.84. The summed E-state index contributed by atoms with van der Waals surface area (Å²) in [6.45, 7) is 0.666. The van der Waals surface area contributed by atoms with Crippen molar-refractivity contribution in [1.29, 1.82) is 0 Å². The molecule has 152 valence electrons. The molecule has 0 atom stereocenters. The van der Waals surface area contributed by atoms with Gasteiger partial charge in [-0.1, -0.05) is 6.07 Å². The van der Waals surface area contributed by atoms with Gasteiger partial charge in [0.2, 0.25) is 5.91 Å². The van der Waals surface area contributed by atoms with Crippen LogP contribution in [0.2, 0.25) is 0 Å². The van der Waals surface area contributed by atoms with Crippen molar-refractivity contribution in [3.8, 4) is 0 Å². The van der Waals surface area contributed by atoms with Gasteiger partial charge in [-0.15, -0.1) is 11.3 Å². The van der Waals surface area contributed by atoms with Gasteiger partial charge in [0.1, 0.15) is 5.56 Å². The van der Waals surface area contributed by atoms with Gasteiger partial charge in [-0.05, 0) is 26.6 Å². The normalized spacial score (nSPS) is 13.1. The van der Waals surface area contributed by atoms with Crippen LogP contribution in [-0.2, 0) is 11.3 Å². The van der Waals surface area contributed by atoms with Gasteiger partial charge in [0, 0.05) is 31.0 Å². The number of nitrogens with zero attached hydrogens (tertiary/aromatic N) is 4. The smallest absolute Gasteiger partial charge is 0.282 e. The summed E-state index contributed by atoms with van der Waals surface area (Å²) in [5.74, 6) is -1.56. The molecule has 1 aliphatic heterocycles. The molecule has 3 amide bonds. The first-order valence-electron chi connectivity index (χ1n) is 8.80. The van der Waals surface area contributed by atoms with Crippen molar-refractivity contribution in [2.45, 2.75) is 19.4 Å². The number of aromatic nitrogens is 1. The van der Waals surface area contributed by atoms with Crippen LogP contribution in [0.5, 0.6) is 0 Å². The molecule has 11 heteroatoms. The number of carbonyl (C=O) groups excluding carboxylic acids is 3. The van der Waals surface area contributed by atoms with Crippen LogP contribution in [0.4, 0.5) is 10.8 Å². The van der Waals surface area contributed by atoms with E-state index in [1.807, 2.05) is 24.4 Å². The lowest BCUT2D eigenvalue weighted by molar-refractivity contribution is -0.385. The third-order valence-corrected chi connectivity index (χ3v) is 5.04. The van der Waals surface area contributed by atoms with Crippen molar-refractivity contribution in [1.82, 2.24) is 14.8 Å². The van der Waals surface area contributed by atoms with Crippen molar-refractivity contribution in [3.05, 3.63) is 50.5 Å². The van der Waals surface area contributed by atoms with Gasteiger partial charge in [0.25, 0.3) is 17.5 Å². The number of fused-ring (bicyclic) bond motifs is 1. The zero-order valence-corrected chi connectivity index (χ0v) is 16.7. The van der Waals surface area contributed by atoms with Gasteiger partial charge >= 0.3 is 0 Å². The molecule has 0 saturated carbocycles. The number of imide groups is 1. The maximum atomic E-state index is 12.5. The molecule has 0 fully saturated rings. The largest absolute Gasteiger partial charge is 0.304 e. The topological polar surface area (TPSA) is 126 Å². The molecule has 0 spiro atoms. The summed E-state index contributed by atoms with van der Waals surface area (Å²) >= 11 is 1.32. The van der Waals surface area contributed by atoms with E-state index in [0.29, 0.717) is 11.7 Å². The number of rotatable bonds is 8. The molecule has 1 aliphatic rings. The number of carbonyl (C=O) groups is 3. The molecule has 0 unspecified atom stereocenters. The molecule has 0 bridgehead atoms. The summed E-state index contributed by atoms with van der Waals surface area (Å²) in [6.07, 6.45) is 0.319. The van der Waals surface area contributed by atoms with Gasteiger partial charge in [0.05, 0.1) is 16.2 Å². The molecule has 0 radical (unpaired) electrons. The van der Waals surface area contributed by atoms with Crippen molar-refractivity contribution >= 4 is 39.9 Å². The average molecular weight is 417 g/mol. The summed E-state index contributed by atoms with van der Waals surface area (Å²) < 4.78 is 0. The molecule has 1 aromatic heterocycles. The number of nitro benzene ring substituents is 1. The lowest BCUT2D eigenvalue weighted by Crippen LogP contribution is -2.31. The molecule has 3 rings (SSSR count). The Kier molecular flexibility index (Phi) is 5.99. The van der Waals surface area contributed by atoms with Crippen LogP contribution in [0.25, 0.3) is 0 Å². The Labute approximate surface area is 170 Å². The highest BCUT2D eigenvalue weighted by molar-refractivity contribution is 7.13. The van der Waals surface area contributed by atoms with Crippen molar-refractivity contribution in [2.75, 3.05) is 26.0 Å². The number of anilines is 1. The van der Waals surface area contributed by atoms with Crippen LogP contribution in [0, 0.1) is 10.1 Å². The van der Waals surface area contributed by atoms with E-state index in [1.54, 1.807) is 0 Å². The number of benzene rings is 1. The zero-order chi connectivity index (χ0) is 21.1. The van der Waals surface area contributed by atoms with Gasteiger partial charge in [0.15, 0.2) is 5.13 Å². The molecule has 2 aromatic rings. The van der Waals surface area contributed by atoms with Crippen molar-refractivity contribution in [2.24, 2.45) is 0 Å². The predicted octanol–water partition coefficient (Wildman–Crippen LogP) is 2.13. The second-order valence-corrected chi connectivity index (χ2v) is 7.61. The lowest BCUT2D eigenvalue weighted by atomic mass is 10.1. The summed E-state index contributed by atoms with van der Waals surface area (Å²) in [6, 6.07) is 3.96. The Morgan fingerprint density at radius 1 is 1.31 bits per heavy atom. The Morgan fingerprint density at radius 3 is 2.76 bits per heavy atom. The van der Waals surface area contributed by atoms with Crippen LogP contribution in [-0.4, -0.2) is 58.1 Å². The van der Waals surface area contributed by atoms with Crippen LogP contribution in [0.15, 0.2) is 23.6 Å². The molecular weight excluding hydrogens is 398 g/mol. The maximum Gasteiger partial charge on any atom is 0.282 e. The van der Waals surface area contributed by atoms with E-state index in [-0.39, 0.29) is 36.4 Å². The van der Waals surface area contributed by atoms with Crippen LogP contribution >= 0.6 is 11.3 Å². The summed E-state index contributed by atoms with van der Waals surface area (Å²) in [5, 5.41) is 16.2. The number of nitrogens with one attached hydrogen (secondary N) is 1. The minimum Gasteiger partial charge on any atom is -0.304 e. The minimum atomic E-state index is -0.703. The SMILES string of the molecule is CN(C)Cc1csc(NC(=O)CCCN2C(=O)c3cccc([N+](=O)[O-])c3C2=O)n1. The molecule has 0 aliphatic carbocycles. The van der Waals surface area contributed by atoms with Crippen molar-refractivity contribution < 1.29 is 19.3 Å². The van der Waals surface area contributed by atoms with E-state index in [9.17, 15) is 24.5 Å². The number of hydrogen-bond acceptors (Lipinski definition) is 8. The third-order valence-electron chi connectivity index (χ3n) is 4.24. The molecule has 1 N–H and O–H groups in total. The highest BCUT2D eigenvalue weighted by Gasteiger charge is 2.40. The Balaban J connectivity index is 1.55. The summed E-state index contributed by atoms with van der Waals surface area (Å²) in [4.78, 5) is 54.7. The molecule has 10 nitrogen and oxygen atoms in total. The Hall–Kier alpha value is -3.18. The zero-order valence-electron chi connectivity index (χ0n) is 15.9. The molecule has 0 saturated heterocycles.